The molecular weight excluding hydrogens is 940 g/mol. The molecule has 0 fully saturated rings. The molecule has 0 atom stereocenters. The van der Waals surface area contributed by atoms with Gasteiger partial charge in [-0.15, -0.1) is 53.6 Å². The number of hydrogen-bond donors (Lipinski definition) is 0. The Balaban J connectivity index is 0.00000578. The molecule has 62 heavy (non-hydrogen) atoms. The van der Waals surface area contributed by atoms with Gasteiger partial charge in [-0.2, -0.15) is 6.07 Å². The zero-order chi connectivity index (χ0) is 44.0. The van der Waals surface area contributed by atoms with Crippen LogP contribution in [-0.4, -0.2) is 9.55 Å². The maximum absolute atomic E-state index is 6.87. The fourth-order valence-corrected chi connectivity index (χ4v) is 8.11. The minimum Gasteiger partial charge on any atom is -0.509 e. The molecule has 2 aromatic heterocycles. The van der Waals surface area contributed by atoms with Crippen LogP contribution in [0.1, 0.15) is 132 Å². The van der Waals surface area contributed by atoms with E-state index in [2.05, 4.69) is 228 Å². The van der Waals surface area contributed by atoms with E-state index in [4.69, 9.17) is 9.72 Å². The number of hydrogen-bond acceptors (Lipinski definition) is 4. The molecule has 1 aliphatic rings. The molecule has 3 heterocycles. The van der Waals surface area contributed by atoms with Gasteiger partial charge >= 0.3 is 0 Å². The van der Waals surface area contributed by atoms with Gasteiger partial charge < -0.3 is 19.1 Å². The van der Waals surface area contributed by atoms with Gasteiger partial charge in [0.25, 0.3) is 0 Å². The first-order valence-corrected chi connectivity index (χ1v) is 21.8. The monoisotopic (exact) mass is 1000 g/mol. The number of pyridine rings is 1. The summed E-state index contributed by atoms with van der Waals surface area (Å²) in [4.78, 5) is 9.50. The molecule has 7 aromatic rings. The predicted octanol–water partition coefficient (Wildman–Crippen LogP) is 15.5. The molecule has 0 amide bonds. The van der Waals surface area contributed by atoms with Crippen molar-refractivity contribution in [1.82, 2.24) is 9.55 Å². The summed E-state index contributed by atoms with van der Waals surface area (Å²) < 4.78 is 9.12. The Morgan fingerprint density at radius 2 is 1.06 bits per heavy atom. The first-order valence-electron chi connectivity index (χ1n) is 21.8. The largest absolute Gasteiger partial charge is 0.509 e. The second-order valence-electron chi connectivity index (χ2n) is 22.1. The summed E-state index contributed by atoms with van der Waals surface area (Å²) in [6, 6.07) is 43.0. The van der Waals surface area contributed by atoms with Crippen LogP contribution in [0.15, 0.2) is 103 Å². The smallest absolute Gasteiger partial charge is 0.135 e. The van der Waals surface area contributed by atoms with Gasteiger partial charge in [-0.05, 0) is 97.2 Å². The normalized spacial score (nSPS) is 13.8. The third-order valence-corrected chi connectivity index (χ3v) is 12.1. The first kappa shape index (κ1) is 45.2. The van der Waals surface area contributed by atoms with Crippen molar-refractivity contribution < 1.29 is 25.8 Å². The van der Waals surface area contributed by atoms with Crippen LogP contribution in [0.4, 0.5) is 22.7 Å². The van der Waals surface area contributed by atoms with Gasteiger partial charge in [0, 0.05) is 61.3 Å². The molecule has 5 aromatic carbocycles. The Morgan fingerprint density at radius 3 is 1.69 bits per heavy atom. The van der Waals surface area contributed by atoms with Gasteiger partial charge in [0.15, 0.2) is 0 Å². The topological polar surface area (TPSA) is 33.5 Å². The number of nitrogens with zero attached hydrogens (tertiary/aromatic N) is 4. The van der Waals surface area contributed by atoms with E-state index < -0.39 is 0 Å². The number of aromatic nitrogens is 2. The van der Waals surface area contributed by atoms with Crippen LogP contribution in [0.25, 0.3) is 27.6 Å². The molecule has 0 aliphatic carbocycles. The zero-order valence-corrected chi connectivity index (χ0v) is 41.7. The van der Waals surface area contributed by atoms with E-state index in [-0.39, 0.29) is 48.1 Å². The van der Waals surface area contributed by atoms with Crippen molar-refractivity contribution in [1.29, 1.82) is 0 Å². The molecule has 0 unspecified atom stereocenters. The number of fused-ring (bicyclic) bond motifs is 4. The van der Waals surface area contributed by atoms with E-state index >= 15 is 0 Å². The van der Waals surface area contributed by atoms with Crippen LogP contribution >= 0.6 is 0 Å². The Morgan fingerprint density at radius 1 is 0.484 bits per heavy atom. The molecule has 6 heteroatoms. The third kappa shape index (κ3) is 8.72. The van der Waals surface area contributed by atoms with E-state index in [1.807, 2.05) is 12.3 Å². The van der Waals surface area contributed by atoms with Crippen LogP contribution in [-0.2, 0) is 48.1 Å². The molecule has 1 aliphatic heterocycles. The van der Waals surface area contributed by atoms with E-state index in [9.17, 15) is 0 Å². The average molecular weight is 1000 g/mol. The van der Waals surface area contributed by atoms with Gasteiger partial charge in [0.2, 0.25) is 0 Å². The van der Waals surface area contributed by atoms with E-state index in [1.165, 1.54) is 27.6 Å². The minimum atomic E-state index is -0.155. The fraction of sp³-hybridized carbons (Fsp3) is 0.357. The Hall–Kier alpha value is -4.86. The van der Waals surface area contributed by atoms with Gasteiger partial charge in [-0.1, -0.05) is 140 Å². The molecule has 0 N–H and O–H groups in total. The Kier molecular flexibility index (Phi) is 11.5. The van der Waals surface area contributed by atoms with Crippen LogP contribution in [0, 0.1) is 18.8 Å². The molecule has 8 rings (SSSR count). The van der Waals surface area contributed by atoms with Gasteiger partial charge in [0.1, 0.15) is 5.82 Å². The molecule has 0 bridgehead atoms. The number of rotatable bonds is 5. The Bertz CT molecular complexity index is 2780. The molecule has 5 nitrogen and oxygen atoms in total. The van der Waals surface area contributed by atoms with Crippen LogP contribution in [0.3, 0.4) is 0 Å². The van der Waals surface area contributed by atoms with Crippen molar-refractivity contribution in [3.05, 3.63) is 150 Å². The zero-order valence-electron chi connectivity index (χ0n) is 39.4. The molecule has 0 radical (unpaired) electrons. The SMILES string of the molecule is CC(C)(C)c1ccc(N2[CH-]N(c3[c-]c(Oc4[c-]c5c(cc4)c4cc(C(C)(C)C)ccc4n5-c4cc(C(C)(C)C)ccn4)cc(C(C)(C)C)c3)c3ccc(C(C)(C)C)cc32)cc1.[Pt]. The number of ether oxygens (including phenoxy) is 1. The van der Waals surface area contributed by atoms with Gasteiger partial charge in [0.05, 0.1) is 0 Å². The molecular formula is C56H63N4OPt-3. The van der Waals surface area contributed by atoms with Crippen molar-refractivity contribution >= 4 is 44.6 Å². The van der Waals surface area contributed by atoms with Crippen LogP contribution < -0.4 is 14.5 Å². The minimum absolute atomic E-state index is 0. The van der Waals surface area contributed by atoms with Crippen LogP contribution in [0.2, 0.25) is 0 Å². The summed E-state index contributed by atoms with van der Waals surface area (Å²) in [6.07, 6.45) is 1.92. The average Bonchev–Trinajstić information content (AvgIpc) is 3.71. The van der Waals surface area contributed by atoms with Crippen molar-refractivity contribution in [3.63, 3.8) is 0 Å². The van der Waals surface area contributed by atoms with E-state index in [0.717, 1.165) is 50.6 Å². The number of anilines is 4. The summed E-state index contributed by atoms with van der Waals surface area (Å²) in [6.45, 7) is 36.1. The van der Waals surface area contributed by atoms with Crippen molar-refractivity contribution in [3.8, 4) is 17.3 Å². The third-order valence-electron chi connectivity index (χ3n) is 12.1. The quantitative estimate of drug-likeness (QED) is 0.161. The van der Waals surface area contributed by atoms with E-state index in [0.29, 0.717) is 11.5 Å². The maximum atomic E-state index is 6.87. The summed E-state index contributed by atoms with van der Waals surface area (Å²) >= 11 is 0. The first-order chi connectivity index (χ1) is 28.4. The summed E-state index contributed by atoms with van der Waals surface area (Å²) in [5.41, 5.74) is 12.4. The fourth-order valence-electron chi connectivity index (χ4n) is 8.11. The van der Waals surface area contributed by atoms with Crippen molar-refractivity contribution in [2.24, 2.45) is 0 Å². The number of benzene rings is 5. The summed E-state index contributed by atoms with van der Waals surface area (Å²) in [5.74, 6) is 2.12. The van der Waals surface area contributed by atoms with Crippen LogP contribution in [0.5, 0.6) is 11.5 Å². The molecule has 326 valence electrons. The second-order valence-corrected chi connectivity index (χ2v) is 22.1. The molecule has 0 saturated carbocycles. The van der Waals surface area contributed by atoms with E-state index in [1.54, 1.807) is 0 Å². The molecule has 0 spiro atoms. The van der Waals surface area contributed by atoms with Crippen molar-refractivity contribution in [2.45, 2.75) is 131 Å². The predicted molar refractivity (Wildman–Crippen MR) is 258 cm³/mol. The molecule has 0 saturated heterocycles. The second kappa shape index (κ2) is 15.7. The summed E-state index contributed by atoms with van der Waals surface area (Å²) in [5, 5.41) is 2.28. The van der Waals surface area contributed by atoms with Gasteiger partial charge in [-0.25, -0.2) is 4.98 Å². The maximum Gasteiger partial charge on any atom is 0.135 e. The summed E-state index contributed by atoms with van der Waals surface area (Å²) in [7, 11) is 0. The standard InChI is InChI=1S/C56H63N4O.Pt/c1-52(2,3)36-16-20-41(21-17-36)58-35-59(48-25-19-38(31-50(48)58)54(7,8)9)42-28-40(56(13,14)15)29-44(33-42)61-43-22-23-45-46-30-37(53(4,5)6)18-24-47(46)60(49(45)34-43)51-32-39(26-27-57-51)55(10,11)12;/h16-32,35H,1-15H3;/q-3;. The van der Waals surface area contributed by atoms with Crippen molar-refractivity contribution in [2.75, 3.05) is 9.80 Å². The Labute approximate surface area is 385 Å². The van der Waals surface area contributed by atoms with Gasteiger partial charge in [-0.3, -0.25) is 0 Å².